The monoisotopic (exact) mass is 306 g/mol. The SMILES string of the molecule is CCSc1cccc(NCCn2ccnc2)c1C(N)=S. The molecule has 0 aliphatic rings. The molecule has 20 heavy (non-hydrogen) atoms. The van der Waals surface area contributed by atoms with Crippen LogP contribution in [-0.2, 0) is 6.54 Å². The van der Waals surface area contributed by atoms with Crippen molar-refractivity contribution in [2.75, 3.05) is 17.6 Å². The van der Waals surface area contributed by atoms with Crippen molar-refractivity contribution in [2.45, 2.75) is 18.4 Å². The Hall–Kier alpha value is -1.53. The van der Waals surface area contributed by atoms with Crippen molar-refractivity contribution in [3.05, 3.63) is 42.5 Å². The maximum absolute atomic E-state index is 5.87. The van der Waals surface area contributed by atoms with E-state index in [-0.39, 0.29) is 0 Å². The molecule has 1 aromatic heterocycles. The van der Waals surface area contributed by atoms with Crippen LogP contribution in [0.2, 0.25) is 0 Å². The highest BCUT2D eigenvalue weighted by Crippen LogP contribution is 2.28. The van der Waals surface area contributed by atoms with Gasteiger partial charge < -0.3 is 15.6 Å². The molecule has 3 N–H and O–H groups in total. The number of hydrogen-bond acceptors (Lipinski definition) is 4. The van der Waals surface area contributed by atoms with E-state index in [0.29, 0.717) is 4.99 Å². The zero-order valence-corrected chi connectivity index (χ0v) is 13.0. The number of aromatic nitrogens is 2. The summed E-state index contributed by atoms with van der Waals surface area (Å²) in [7, 11) is 0. The van der Waals surface area contributed by atoms with Gasteiger partial charge in [0, 0.05) is 41.6 Å². The molecule has 0 unspecified atom stereocenters. The maximum atomic E-state index is 5.87. The third-order valence-electron chi connectivity index (χ3n) is 2.82. The molecule has 0 aliphatic carbocycles. The van der Waals surface area contributed by atoms with Gasteiger partial charge in [0.15, 0.2) is 0 Å². The minimum absolute atomic E-state index is 0.437. The number of imidazole rings is 1. The molecule has 1 heterocycles. The van der Waals surface area contributed by atoms with Crippen LogP contribution in [0.25, 0.3) is 0 Å². The van der Waals surface area contributed by atoms with Gasteiger partial charge in [-0.05, 0) is 17.9 Å². The molecule has 0 amide bonds. The molecule has 4 nitrogen and oxygen atoms in total. The topological polar surface area (TPSA) is 55.9 Å². The number of nitrogens with two attached hydrogens (primary N) is 1. The average molecular weight is 306 g/mol. The van der Waals surface area contributed by atoms with E-state index in [1.54, 1.807) is 24.3 Å². The Kier molecular flexibility index (Phi) is 5.43. The maximum Gasteiger partial charge on any atom is 0.107 e. The van der Waals surface area contributed by atoms with Gasteiger partial charge in [-0.2, -0.15) is 0 Å². The number of benzene rings is 1. The second-order valence-corrected chi connectivity index (χ2v) is 5.95. The normalized spacial score (nSPS) is 10.4. The first kappa shape index (κ1) is 14.9. The third-order valence-corrected chi connectivity index (χ3v) is 3.96. The standard InChI is InChI=1S/C14H18N4S2/c1-2-20-12-5-3-4-11(13(12)14(15)19)17-7-9-18-8-6-16-10-18/h3-6,8,10,17H,2,7,9H2,1H3,(H2,15,19). The molecule has 0 atom stereocenters. The number of thioether (sulfide) groups is 1. The van der Waals surface area contributed by atoms with Gasteiger partial charge >= 0.3 is 0 Å². The fraction of sp³-hybridized carbons (Fsp3) is 0.286. The summed E-state index contributed by atoms with van der Waals surface area (Å²) in [4.78, 5) is 5.59. The van der Waals surface area contributed by atoms with Crippen LogP contribution in [0, 0.1) is 0 Å². The summed E-state index contributed by atoms with van der Waals surface area (Å²) in [5.74, 6) is 0.994. The van der Waals surface area contributed by atoms with Crippen molar-refractivity contribution in [3.8, 4) is 0 Å². The predicted octanol–water partition coefficient (Wildman–Crippen LogP) is 2.74. The molecule has 0 spiro atoms. The first-order valence-electron chi connectivity index (χ1n) is 6.47. The van der Waals surface area contributed by atoms with E-state index >= 15 is 0 Å². The van der Waals surface area contributed by atoms with E-state index < -0.39 is 0 Å². The van der Waals surface area contributed by atoms with Crippen LogP contribution in [0.5, 0.6) is 0 Å². The number of nitrogens with zero attached hydrogens (tertiary/aromatic N) is 2. The van der Waals surface area contributed by atoms with Gasteiger partial charge in [0.1, 0.15) is 4.99 Å². The molecule has 0 aliphatic heterocycles. The lowest BCUT2D eigenvalue weighted by Gasteiger charge is -2.15. The average Bonchev–Trinajstić information content (AvgIpc) is 2.92. The second kappa shape index (κ2) is 7.31. The molecule has 2 rings (SSSR count). The van der Waals surface area contributed by atoms with Gasteiger partial charge in [-0.25, -0.2) is 4.98 Å². The zero-order valence-electron chi connectivity index (χ0n) is 11.4. The van der Waals surface area contributed by atoms with E-state index in [0.717, 1.165) is 35.0 Å². The summed E-state index contributed by atoms with van der Waals surface area (Å²) in [5.41, 5.74) is 7.82. The number of hydrogen-bond donors (Lipinski definition) is 2. The lowest BCUT2D eigenvalue weighted by molar-refractivity contribution is 0.727. The lowest BCUT2D eigenvalue weighted by atomic mass is 10.1. The molecule has 0 fully saturated rings. The van der Waals surface area contributed by atoms with Crippen LogP contribution in [0.4, 0.5) is 5.69 Å². The van der Waals surface area contributed by atoms with Crippen molar-refractivity contribution in [1.29, 1.82) is 0 Å². The van der Waals surface area contributed by atoms with Gasteiger partial charge in [0.05, 0.1) is 6.33 Å². The highest BCUT2D eigenvalue weighted by molar-refractivity contribution is 7.99. The number of nitrogens with one attached hydrogen (secondary N) is 1. The molecule has 0 radical (unpaired) electrons. The zero-order chi connectivity index (χ0) is 14.4. The fourth-order valence-corrected chi connectivity index (χ4v) is 3.08. The van der Waals surface area contributed by atoms with Crippen LogP contribution >= 0.6 is 24.0 Å². The Balaban J connectivity index is 2.09. The first-order valence-corrected chi connectivity index (χ1v) is 7.87. The van der Waals surface area contributed by atoms with Gasteiger partial charge in [-0.3, -0.25) is 0 Å². The molecular weight excluding hydrogens is 288 g/mol. The highest BCUT2D eigenvalue weighted by atomic mass is 32.2. The quantitative estimate of drug-likeness (QED) is 0.608. The fourth-order valence-electron chi connectivity index (χ4n) is 1.95. The summed E-state index contributed by atoms with van der Waals surface area (Å²) in [6, 6.07) is 6.10. The molecule has 2 aromatic rings. The van der Waals surface area contributed by atoms with Gasteiger partial charge in [-0.1, -0.05) is 25.2 Å². The predicted molar refractivity (Wildman–Crippen MR) is 89.4 cm³/mol. The lowest BCUT2D eigenvalue weighted by Crippen LogP contribution is -2.16. The van der Waals surface area contributed by atoms with Crippen LogP contribution in [0.1, 0.15) is 12.5 Å². The highest BCUT2D eigenvalue weighted by Gasteiger charge is 2.10. The van der Waals surface area contributed by atoms with E-state index in [2.05, 4.69) is 23.3 Å². The number of anilines is 1. The van der Waals surface area contributed by atoms with Crippen molar-refractivity contribution < 1.29 is 0 Å². The third kappa shape index (κ3) is 3.74. The smallest absolute Gasteiger partial charge is 0.107 e. The minimum Gasteiger partial charge on any atom is -0.389 e. The summed E-state index contributed by atoms with van der Waals surface area (Å²) < 4.78 is 2.03. The summed E-state index contributed by atoms with van der Waals surface area (Å²) in [6.45, 7) is 3.77. The Morgan fingerprint density at radius 1 is 1.50 bits per heavy atom. The van der Waals surface area contributed by atoms with Crippen molar-refractivity contribution in [1.82, 2.24) is 9.55 Å². The Morgan fingerprint density at radius 2 is 2.35 bits per heavy atom. The van der Waals surface area contributed by atoms with Crippen molar-refractivity contribution in [2.24, 2.45) is 5.73 Å². The summed E-state index contributed by atoms with van der Waals surface area (Å²) in [6.07, 6.45) is 5.53. The summed E-state index contributed by atoms with van der Waals surface area (Å²) in [5, 5.41) is 3.40. The number of rotatable bonds is 7. The van der Waals surface area contributed by atoms with Gasteiger partial charge in [-0.15, -0.1) is 11.8 Å². The molecule has 1 aromatic carbocycles. The van der Waals surface area contributed by atoms with Crippen LogP contribution < -0.4 is 11.1 Å². The van der Waals surface area contributed by atoms with Gasteiger partial charge in [0.2, 0.25) is 0 Å². The largest absolute Gasteiger partial charge is 0.389 e. The molecule has 0 saturated heterocycles. The Morgan fingerprint density at radius 3 is 3.00 bits per heavy atom. The molecular formula is C14H18N4S2. The number of thiocarbonyl (C=S) groups is 1. The van der Waals surface area contributed by atoms with E-state index in [9.17, 15) is 0 Å². The van der Waals surface area contributed by atoms with Crippen molar-refractivity contribution >= 4 is 34.7 Å². The molecule has 0 bridgehead atoms. The Bertz CT molecular complexity index is 567. The van der Waals surface area contributed by atoms with Crippen LogP contribution in [-0.4, -0.2) is 26.8 Å². The molecule has 6 heteroatoms. The van der Waals surface area contributed by atoms with Gasteiger partial charge in [0.25, 0.3) is 0 Å². The van der Waals surface area contributed by atoms with Crippen LogP contribution in [0.15, 0.2) is 41.8 Å². The minimum atomic E-state index is 0.437. The van der Waals surface area contributed by atoms with E-state index in [1.807, 2.05) is 22.9 Å². The van der Waals surface area contributed by atoms with Crippen molar-refractivity contribution in [3.63, 3.8) is 0 Å². The van der Waals surface area contributed by atoms with E-state index in [1.165, 1.54) is 0 Å². The second-order valence-electron chi connectivity index (χ2n) is 4.20. The van der Waals surface area contributed by atoms with Crippen LogP contribution in [0.3, 0.4) is 0 Å². The summed E-state index contributed by atoms with van der Waals surface area (Å²) >= 11 is 6.94. The first-order chi connectivity index (χ1) is 9.72. The Labute approximate surface area is 128 Å². The van der Waals surface area contributed by atoms with E-state index in [4.69, 9.17) is 18.0 Å². The molecule has 106 valence electrons. The molecule has 0 saturated carbocycles.